The van der Waals surface area contributed by atoms with E-state index in [9.17, 15) is 4.21 Å². The number of aryl methyl sites for hydroxylation is 3. The molecule has 2 rings (SSSR count). The third-order valence-corrected chi connectivity index (χ3v) is 5.40. The number of hydrogen-bond donors (Lipinski definition) is 1. The number of nitrogens with two attached hydrogens (primary N) is 1. The second-order valence-corrected chi connectivity index (χ2v) is 7.00. The van der Waals surface area contributed by atoms with Gasteiger partial charge in [0.1, 0.15) is 5.01 Å². The van der Waals surface area contributed by atoms with E-state index in [0.717, 1.165) is 26.8 Å². The van der Waals surface area contributed by atoms with Gasteiger partial charge >= 0.3 is 0 Å². The summed E-state index contributed by atoms with van der Waals surface area (Å²) in [4.78, 5) is 6.42. The minimum Gasteiger partial charge on any atom is -0.399 e. The van der Waals surface area contributed by atoms with Gasteiger partial charge in [-0.15, -0.1) is 11.3 Å². The Kier molecular flexibility index (Phi) is 3.82. The summed E-state index contributed by atoms with van der Waals surface area (Å²) < 4.78 is 12.2. The van der Waals surface area contributed by atoms with Crippen molar-refractivity contribution in [1.82, 2.24) is 4.98 Å². The van der Waals surface area contributed by atoms with Gasteiger partial charge in [-0.3, -0.25) is 4.21 Å². The lowest BCUT2D eigenvalue weighted by Crippen LogP contribution is -1.98. The minimum atomic E-state index is -1.06. The van der Waals surface area contributed by atoms with Crippen LogP contribution in [0.25, 0.3) is 0 Å². The Morgan fingerprint density at radius 2 is 2.06 bits per heavy atom. The Labute approximate surface area is 114 Å². The Balaban J connectivity index is 2.19. The molecule has 0 aliphatic rings. The number of nitrogen functional groups attached to an aromatic ring is 1. The van der Waals surface area contributed by atoms with E-state index in [1.807, 2.05) is 32.9 Å². The van der Waals surface area contributed by atoms with Crippen LogP contribution in [0, 0.1) is 20.8 Å². The number of benzene rings is 1. The van der Waals surface area contributed by atoms with E-state index < -0.39 is 10.8 Å². The highest BCUT2D eigenvalue weighted by Gasteiger charge is 2.10. The molecule has 2 aromatic rings. The Morgan fingerprint density at radius 1 is 1.33 bits per heavy atom. The summed E-state index contributed by atoms with van der Waals surface area (Å²) in [7, 11) is -1.06. The first-order chi connectivity index (χ1) is 8.47. The van der Waals surface area contributed by atoms with E-state index >= 15 is 0 Å². The SMILES string of the molecule is Cc1cc(S(=O)Cc2nc(C)c(C)s2)ccc1N. The largest absolute Gasteiger partial charge is 0.399 e. The summed E-state index contributed by atoms with van der Waals surface area (Å²) in [5, 5.41) is 0.929. The molecule has 1 unspecified atom stereocenters. The molecule has 1 atom stereocenters. The van der Waals surface area contributed by atoms with Gasteiger partial charge in [0.25, 0.3) is 0 Å². The van der Waals surface area contributed by atoms with Crippen molar-refractivity contribution < 1.29 is 4.21 Å². The van der Waals surface area contributed by atoms with Crippen molar-refractivity contribution in [3.05, 3.63) is 39.3 Å². The van der Waals surface area contributed by atoms with Crippen molar-refractivity contribution in [3.63, 3.8) is 0 Å². The van der Waals surface area contributed by atoms with E-state index in [2.05, 4.69) is 4.98 Å². The first kappa shape index (κ1) is 13.2. The number of rotatable bonds is 3. The van der Waals surface area contributed by atoms with Crippen molar-refractivity contribution in [2.24, 2.45) is 0 Å². The summed E-state index contributed by atoms with van der Waals surface area (Å²) in [6.07, 6.45) is 0. The fourth-order valence-corrected chi connectivity index (χ4v) is 3.86. The molecule has 0 saturated carbocycles. The monoisotopic (exact) mass is 280 g/mol. The van der Waals surface area contributed by atoms with E-state index in [1.165, 1.54) is 4.88 Å². The van der Waals surface area contributed by atoms with Crippen molar-refractivity contribution >= 4 is 27.8 Å². The highest BCUT2D eigenvalue weighted by Crippen LogP contribution is 2.22. The lowest BCUT2D eigenvalue weighted by molar-refractivity contribution is 0.682. The van der Waals surface area contributed by atoms with Crippen LogP contribution in [0.1, 0.15) is 21.1 Å². The van der Waals surface area contributed by atoms with Crippen LogP contribution in [-0.2, 0) is 16.6 Å². The van der Waals surface area contributed by atoms with E-state index in [1.54, 1.807) is 17.4 Å². The molecule has 2 N–H and O–H groups in total. The molecule has 1 aromatic heterocycles. The van der Waals surface area contributed by atoms with Crippen LogP contribution in [0.5, 0.6) is 0 Å². The number of nitrogens with zero attached hydrogens (tertiary/aromatic N) is 1. The van der Waals surface area contributed by atoms with Gasteiger partial charge in [-0.2, -0.15) is 0 Å². The molecule has 0 fully saturated rings. The predicted molar refractivity (Wildman–Crippen MR) is 77.3 cm³/mol. The van der Waals surface area contributed by atoms with E-state index in [4.69, 9.17) is 5.73 Å². The fraction of sp³-hybridized carbons (Fsp3) is 0.308. The van der Waals surface area contributed by atoms with Crippen molar-refractivity contribution in [3.8, 4) is 0 Å². The molecule has 0 spiro atoms. The van der Waals surface area contributed by atoms with Crippen LogP contribution in [0.15, 0.2) is 23.1 Å². The van der Waals surface area contributed by atoms with Gasteiger partial charge in [-0.25, -0.2) is 4.98 Å². The molecular weight excluding hydrogens is 264 g/mol. The summed E-state index contributed by atoms with van der Waals surface area (Å²) >= 11 is 1.62. The molecular formula is C13H16N2OS2. The minimum absolute atomic E-state index is 0.475. The summed E-state index contributed by atoms with van der Waals surface area (Å²) in [6, 6.07) is 5.52. The van der Waals surface area contributed by atoms with Crippen molar-refractivity contribution in [2.75, 3.05) is 5.73 Å². The molecule has 0 saturated heterocycles. The zero-order valence-corrected chi connectivity index (χ0v) is 12.3. The average molecular weight is 280 g/mol. The summed E-state index contributed by atoms with van der Waals surface area (Å²) in [5.74, 6) is 0.475. The van der Waals surface area contributed by atoms with Crippen LogP contribution in [0.3, 0.4) is 0 Å². The molecule has 96 valence electrons. The lowest BCUT2D eigenvalue weighted by Gasteiger charge is -2.04. The highest BCUT2D eigenvalue weighted by atomic mass is 32.2. The van der Waals surface area contributed by atoms with Crippen molar-refractivity contribution in [2.45, 2.75) is 31.4 Å². The van der Waals surface area contributed by atoms with Gasteiger partial charge in [0.2, 0.25) is 0 Å². The maximum atomic E-state index is 12.2. The van der Waals surface area contributed by atoms with Gasteiger partial charge in [0.15, 0.2) is 0 Å². The van der Waals surface area contributed by atoms with Crippen LogP contribution in [-0.4, -0.2) is 9.19 Å². The van der Waals surface area contributed by atoms with Crippen LogP contribution in [0.2, 0.25) is 0 Å². The molecule has 5 heteroatoms. The Bertz CT molecular complexity index is 586. The van der Waals surface area contributed by atoms with Gasteiger partial charge in [-0.1, -0.05) is 0 Å². The molecule has 3 nitrogen and oxygen atoms in total. The number of aromatic nitrogens is 1. The fourth-order valence-electron chi connectivity index (χ4n) is 1.59. The molecule has 1 heterocycles. The molecule has 18 heavy (non-hydrogen) atoms. The highest BCUT2D eigenvalue weighted by molar-refractivity contribution is 7.84. The van der Waals surface area contributed by atoms with Crippen LogP contribution in [0.4, 0.5) is 5.69 Å². The second kappa shape index (κ2) is 5.20. The second-order valence-electron chi connectivity index (χ2n) is 4.26. The maximum Gasteiger partial charge on any atom is 0.106 e. The first-order valence-electron chi connectivity index (χ1n) is 5.65. The van der Waals surface area contributed by atoms with E-state index in [0.29, 0.717) is 5.75 Å². The molecule has 0 bridgehead atoms. The lowest BCUT2D eigenvalue weighted by atomic mass is 10.2. The summed E-state index contributed by atoms with van der Waals surface area (Å²) in [5.41, 5.74) is 8.48. The van der Waals surface area contributed by atoms with E-state index in [-0.39, 0.29) is 0 Å². The normalized spacial score (nSPS) is 12.6. The molecule has 1 aromatic carbocycles. The smallest absolute Gasteiger partial charge is 0.106 e. The van der Waals surface area contributed by atoms with Gasteiger partial charge in [0.05, 0.1) is 22.2 Å². The average Bonchev–Trinajstić information content (AvgIpc) is 2.61. The Morgan fingerprint density at radius 3 is 2.61 bits per heavy atom. The van der Waals surface area contributed by atoms with Crippen LogP contribution < -0.4 is 5.73 Å². The van der Waals surface area contributed by atoms with Gasteiger partial charge in [0, 0.05) is 15.5 Å². The molecule has 0 aliphatic carbocycles. The van der Waals surface area contributed by atoms with Gasteiger partial charge in [-0.05, 0) is 44.5 Å². The zero-order chi connectivity index (χ0) is 13.3. The number of thiazole rings is 1. The van der Waals surface area contributed by atoms with Crippen molar-refractivity contribution in [1.29, 1.82) is 0 Å². The number of hydrogen-bond acceptors (Lipinski definition) is 4. The maximum absolute atomic E-state index is 12.2. The quantitative estimate of drug-likeness (QED) is 0.879. The Hall–Kier alpha value is -1.20. The summed E-state index contributed by atoms with van der Waals surface area (Å²) in [6.45, 7) is 5.94. The zero-order valence-electron chi connectivity index (χ0n) is 10.7. The van der Waals surface area contributed by atoms with Gasteiger partial charge < -0.3 is 5.73 Å². The molecule has 0 aliphatic heterocycles. The van der Waals surface area contributed by atoms with Crippen LogP contribution >= 0.6 is 11.3 Å². The molecule has 0 amide bonds. The standard InChI is InChI=1S/C13H16N2OS2/c1-8-6-11(4-5-12(8)14)18(16)7-13-15-9(2)10(3)17-13/h4-6H,7,14H2,1-3H3. The third kappa shape index (κ3) is 2.79. The third-order valence-electron chi connectivity index (χ3n) is 2.83. The predicted octanol–water partition coefficient (Wildman–Crippen LogP) is 2.96. The topological polar surface area (TPSA) is 56.0 Å². The molecule has 0 radical (unpaired) electrons. The first-order valence-corrected chi connectivity index (χ1v) is 7.78. The number of anilines is 1.